The summed E-state index contributed by atoms with van der Waals surface area (Å²) in [5.41, 5.74) is 0.666. The lowest BCUT2D eigenvalue weighted by molar-refractivity contribution is -0.144. The topological polar surface area (TPSA) is 61.9 Å². The van der Waals surface area contributed by atoms with E-state index in [4.69, 9.17) is 4.74 Å². The summed E-state index contributed by atoms with van der Waals surface area (Å²) in [7, 11) is 3.18. The summed E-state index contributed by atoms with van der Waals surface area (Å²) >= 11 is 0. The fourth-order valence-corrected chi connectivity index (χ4v) is 2.07. The van der Waals surface area contributed by atoms with Crippen LogP contribution in [0.1, 0.15) is 0 Å². The van der Waals surface area contributed by atoms with Gasteiger partial charge in [0.25, 0.3) is 0 Å². The quantitative estimate of drug-likeness (QED) is 0.778. The first-order valence-corrected chi connectivity index (χ1v) is 6.55. The van der Waals surface area contributed by atoms with Gasteiger partial charge >= 0.3 is 11.8 Å². The summed E-state index contributed by atoms with van der Waals surface area (Å²) < 4.78 is 5.07. The molecule has 1 aliphatic heterocycles. The van der Waals surface area contributed by atoms with Gasteiger partial charge in [0, 0.05) is 38.9 Å². The molecule has 1 N–H and O–H groups in total. The number of carbonyl (C=O) groups excluding carboxylic acids is 2. The molecule has 1 aliphatic rings. The Morgan fingerprint density at radius 1 is 1.20 bits per heavy atom. The van der Waals surface area contributed by atoms with E-state index in [2.05, 4.69) is 5.32 Å². The Labute approximate surface area is 118 Å². The number of hydrogen-bond donors (Lipinski definition) is 1. The first kappa shape index (κ1) is 14.3. The Hall–Kier alpha value is -2.08. The highest BCUT2D eigenvalue weighted by atomic mass is 16.5. The number of carbonyl (C=O) groups is 2. The third kappa shape index (κ3) is 3.08. The van der Waals surface area contributed by atoms with E-state index in [0.29, 0.717) is 24.5 Å². The number of amides is 2. The maximum Gasteiger partial charge on any atom is 0.316 e. The second-order valence-corrected chi connectivity index (χ2v) is 4.60. The minimum absolute atomic E-state index is 0.454. The molecule has 0 aromatic heterocycles. The van der Waals surface area contributed by atoms with Crippen molar-refractivity contribution in [3.8, 4) is 5.75 Å². The molecule has 1 aromatic rings. The molecule has 1 aromatic carbocycles. The number of nitrogens with one attached hydrogen (secondary N) is 1. The number of hydrogen-bond acceptors (Lipinski definition) is 4. The summed E-state index contributed by atoms with van der Waals surface area (Å²) in [5.74, 6) is -0.259. The van der Waals surface area contributed by atoms with Crippen LogP contribution in [0.25, 0.3) is 0 Å². The number of rotatable bonds is 2. The van der Waals surface area contributed by atoms with E-state index in [0.717, 1.165) is 13.1 Å². The lowest BCUT2D eigenvalue weighted by Crippen LogP contribution is -2.51. The summed E-state index contributed by atoms with van der Waals surface area (Å²) in [6.07, 6.45) is 0. The number of anilines is 1. The minimum atomic E-state index is -0.517. The summed E-state index contributed by atoms with van der Waals surface area (Å²) in [6, 6.07) is 7.02. The maximum atomic E-state index is 12.2. The fourth-order valence-electron chi connectivity index (χ4n) is 2.07. The number of piperazine rings is 1. The molecule has 2 amide bonds. The van der Waals surface area contributed by atoms with Crippen LogP contribution >= 0.6 is 0 Å². The van der Waals surface area contributed by atoms with Crippen LogP contribution in [0.3, 0.4) is 0 Å². The number of likely N-dealkylation sites (N-methyl/N-ethyl adjacent to an activating group) is 1. The summed E-state index contributed by atoms with van der Waals surface area (Å²) in [4.78, 5) is 27.2. The standard InChI is InChI=1S/C14H19N3O3/c1-16(11-3-5-12(20-2)6-4-11)13(18)14(19)17-9-7-15-8-10-17/h3-6,15H,7-10H2,1-2H3. The molecule has 0 unspecified atom stereocenters. The molecule has 0 radical (unpaired) electrons. The lowest BCUT2D eigenvalue weighted by Gasteiger charge is -2.28. The molecule has 1 fully saturated rings. The van der Waals surface area contributed by atoms with E-state index in [1.165, 1.54) is 4.90 Å². The Balaban J connectivity index is 2.04. The molecule has 0 spiro atoms. The highest BCUT2D eigenvalue weighted by Crippen LogP contribution is 2.18. The first-order chi connectivity index (χ1) is 9.63. The summed E-state index contributed by atoms with van der Waals surface area (Å²) in [6.45, 7) is 2.60. The van der Waals surface area contributed by atoms with E-state index in [9.17, 15) is 9.59 Å². The average Bonchev–Trinajstić information content (AvgIpc) is 2.53. The molecule has 0 aliphatic carbocycles. The second-order valence-electron chi connectivity index (χ2n) is 4.60. The van der Waals surface area contributed by atoms with Gasteiger partial charge < -0.3 is 19.9 Å². The van der Waals surface area contributed by atoms with Crippen molar-refractivity contribution >= 4 is 17.5 Å². The number of nitrogens with zero attached hydrogens (tertiary/aromatic N) is 2. The molecule has 1 saturated heterocycles. The van der Waals surface area contributed by atoms with Crippen molar-refractivity contribution < 1.29 is 14.3 Å². The molecule has 6 heteroatoms. The maximum absolute atomic E-state index is 12.2. The van der Waals surface area contributed by atoms with E-state index < -0.39 is 11.8 Å². The number of ether oxygens (including phenoxy) is 1. The lowest BCUT2D eigenvalue weighted by atomic mass is 10.2. The van der Waals surface area contributed by atoms with Crippen molar-refractivity contribution in [2.75, 3.05) is 45.2 Å². The van der Waals surface area contributed by atoms with Crippen LogP contribution in [0.2, 0.25) is 0 Å². The molecule has 20 heavy (non-hydrogen) atoms. The molecule has 0 bridgehead atoms. The van der Waals surface area contributed by atoms with Crippen molar-refractivity contribution in [3.05, 3.63) is 24.3 Å². The largest absolute Gasteiger partial charge is 0.497 e. The molecule has 0 atom stereocenters. The van der Waals surface area contributed by atoms with Crippen molar-refractivity contribution in [2.45, 2.75) is 0 Å². The molecular weight excluding hydrogens is 258 g/mol. The Kier molecular flexibility index (Phi) is 4.57. The van der Waals surface area contributed by atoms with Gasteiger partial charge in [0.15, 0.2) is 0 Å². The molecule has 1 heterocycles. The van der Waals surface area contributed by atoms with Gasteiger partial charge in [-0.3, -0.25) is 9.59 Å². The highest BCUT2D eigenvalue weighted by Gasteiger charge is 2.26. The van der Waals surface area contributed by atoms with Gasteiger partial charge in [-0.05, 0) is 24.3 Å². The predicted molar refractivity (Wildman–Crippen MR) is 75.9 cm³/mol. The van der Waals surface area contributed by atoms with Crippen molar-refractivity contribution in [1.29, 1.82) is 0 Å². The van der Waals surface area contributed by atoms with Gasteiger partial charge in [-0.2, -0.15) is 0 Å². The van der Waals surface area contributed by atoms with Crippen LogP contribution < -0.4 is 15.0 Å². The zero-order valence-corrected chi connectivity index (χ0v) is 11.8. The van der Waals surface area contributed by atoms with Gasteiger partial charge in [0.05, 0.1) is 7.11 Å². The molecule has 2 rings (SSSR count). The van der Waals surface area contributed by atoms with Gasteiger partial charge in [-0.25, -0.2) is 0 Å². The third-order valence-corrected chi connectivity index (χ3v) is 3.35. The zero-order valence-electron chi connectivity index (χ0n) is 11.8. The first-order valence-electron chi connectivity index (χ1n) is 6.55. The third-order valence-electron chi connectivity index (χ3n) is 3.35. The van der Waals surface area contributed by atoms with Crippen LogP contribution in [0.5, 0.6) is 5.75 Å². The minimum Gasteiger partial charge on any atom is -0.497 e. The number of methoxy groups -OCH3 is 1. The summed E-state index contributed by atoms with van der Waals surface area (Å²) in [5, 5.41) is 3.15. The fraction of sp³-hybridized carbons (Fsp3) is 0.429. The number of benzene rings is 1. The van der Waals surface area contributed by atoms with Crippen LogP contribution in [0.15, 0.2) is 24.3 Å². The Morgan fingerprint density at radius 3 is 2.35 bits per heavy atom. The van der Waals surface area contributed by atoms with Crippen molar-refractivity contribution in [2.24, 2.45) is 0 Å². The zero-order chi connectivity index (χ0) is 14.5. The highest BCUT2D eigenvalue weighted by molar-refractivity contribution is 6.40. The van der Waals surface area contributed by atoms with Gasteiger partial charge in [0.1, 0.15) is 5.75 Å². The van der Waals surface area contributed by atoms with Crippen LogP contribution in [-0.2, 0) is 9.59 Å². The smallest absolute Gasteiger partial charge is 0.316 e. The Bertz CT molecular complexity index is 481. The van der Waals surface area contributed by atoms with Crippen LogP contribution in [-0.4, -0.2) is 57.1 Å². The molecule has 108 valence electrons. The normalized spacial score (nSPS) is 14.8. The second kappa shape index (κ2) is 6.38. The molecule has 6 nitrogen and oxygen atoms in total. The van der Waals surface area contributed by atoms with E-state index in [1.54, 1.807) is 43.3 Å². The van der Waals surface area contributed by atoms with Crippen LogP contribution in [0.4, 0.5) is 5.69 Å². The predicted octanol–water partition coefficient (Wildman–Crippen LogP) is 0.0898. The van der Waals surface area contributed by atoms with Crippen molar-refractivity contribution in [3.63, 3.8) is 0 Å². The average molecular weight is 277 g/mol. The van der Waals surface area contributed by atoms with Crippen molar-refractivity contribution in [1.82, 2.24) is 10.2 Å². The van der Waals surface area contributed by atoms with E-state index in [1.807, 2.05) is 0 Å². The monoisotopic (exact) mass is 277 g/mol. The molecule has 0 saturated carbocycles. The van der Waals surface area contributed by atoms with Gasteiger partial charge in [-0.15, -0.1) is 0 Å². The van der Waals surface area contributed by atoms with Gasteiger partial charge in [-0.1, -0.05) is 0 Å². The van der Waals surface area contributed by atoms with E-state index in [-0.39, 0.29) is 0 Å². The molecular formula is C14H19N3O3. The van der Waals surface area contributed by atoms with E-state index >= 15 is 0 Å². The van der Waals surface area contributed by atoms with Gasteiger partial charge in [0.2, 0.25) is 0 Å². The SMILES string of the molecule is COc1ccc(N(C)C(=O)C(=O)N2CCNCC2)cc1. The van der Waals surface area contributed by atoms with Crippen LogP contribution in [0, 0.1) is 0 Å². The Morgan fingerprint density at radius 2 is 1.80 bits per heavy atom.